The lowest BCUT2D eigenvalue weighted by molar-refractivity contribution is 0.0696. The summed E-state index contributed by atoms with van der Waals surface area (Å²) in [6, 6.07) is 8.15. The topological polar surface area (TPSA) is 80.7 Å². The molecular formula is C15H16N2O4. The fourth-order valence-electron chi connectivity index (χ4n) is 1.83. The lowest BCUT2D eigenvalue weighted by atomic mass is 10.2. The molecule has 0 aliphatic carbocycles. The summed E-state index contributed by atoms with van der Waals surface area (Å²) < 4.78 is 10.9. The van der Waals surface area contributed by atoms with Gasteiger partial charge in [0.15, 0.2) is 11.5 Å². The van der Waals surface area contributed by atoms with Gasteiger partial charge in [0.2, 0.25) is 5.88 Å². The molecule has 0 spiro atoms. The summed E-state index contributed by atoms with van der Waals surface area (Å²) in [5.74, 6) is 0.191. The van der Waals surface area contributed by atoms with Gasteiger partial charge in [-0.2, -0.15) is 0 Å². The molecule has 2 rings (SSSR count). The van der Waals surface area contributed by atoms with Gasteiger partial charge >= 0.3 is 5.97 Å². The van der Waals surface area contributed by atoms with Gasteiger partial charge in [0.25, 0.3) is 0 Å². The number of hydrogen-bond acceptors (Lipinski definition) is 5. The standard InChI is InChI=1S/C15H16N2O4/c1-16-9-11-4-3-7-17-14(11)21-12-6-5-10(15(18)19)8-13(12)20-2/h3-8,16H,9H2,1-2H3,(H,18,19). The van der Waals surface area contributed by atoms with Crippen LogP contribution in [0.25, 0.3) is 0 Å². The Bertz CT molecular complexity index is 643. The van der Waals surface area contributed by atoms with E-state index in [4.69, 9.17) is 14.6 Å². The molecule has 110 valence electrons. The van der Waals surface area contributed by atoms with E-state index in [-0.39, 0.29) is 5.56 Å². The Balaban J connectivity index is 2.33. The van der Waals surface area contributed by atoms with Crippen LogP contribution < -0.4 is 14.8 Å². The number of benzene rings is 1. The number of methoxy groups -OCH3 is 1. The minimum atomic E-state index is -1.02. The molecule has 6 nitrogen and oxygen atoms in total. The normalized spacial score (nSPS) is 10.2. The molecule has 1 aromatic heterocycles. The van der Waals surface area contributed by atoms with Crippen molar-refractivity contribution in [2.24, 2.45) is 0 Å². The van der Waals surface area contributed by atoms with Gasteiger partial charge in [-0.05, 0) is 31.3 Å². The van der Waals surface area contributed by atoms with Crippen molar-refractivity contribution in [2.75, 3.05) is 14.2 Å². The molecule has 2 aromatic rings. The lowest BCUT2D eigenvalue weighted by Crippen LogP contribution is -2.07. The first-order chi connectivity index (χ1) is 10.2. The first kappa shape index (κ1) is 14.8. The Morgan fingerprint density at radius 1 is 1.33 bits per heavy atom. The van der Waals surface area contributed by atoms with Crippen LogP contribution in [0.4, 0.5) is 0 Å². The molecule has 21 heavy (non-hydrogen) atoms. The summed E-state index contributed by atoms with van der Waals surface area (Å²) in [6.45, 7) is 0.610. The summed E-state index contributed by atoms with van der Waals surface area (Å²) in [6.07, 6.45) is 1.63. The molecule has 0 saturated carbocycles. The summed E-state index contributed by atoms with van der Waals surface area (Å²) in [5.41, 5.74) is 1.03. The molecule has 0 saturated heterocycles. The third kappa shape index (κ3) is 3.49. The van der Waals surface area contributed by atoms with Crippen LogP contribution >= 0.6 is 0 Å². The van der Waals surface area contributed by atoms with Gasteiger partial charge < -0.3 is 19.9 Å². The van der Waals surface area contributed by atoms with Crippen molar-refractivity contribution in [1.82, 2.24) is 10.3 Å². The van der Waals surface area contributed by atoms with Crippen molar-refractivity contribution < 1.29 is 19.4 Å². The van der Waals surface area contributed by atoms with Gasteiger partial charge in [-0.15, -0.1) is 0 Å². The number of carbonyl (C=O) groups is 1. The second-order valence-electron chi connectivity index (χ2n) is 4.27. The number of nitrogens with one attached hydrogen (secondary N) is 1. The Morgan fingerprint density at radius 2 is 2.14 bits per heavy atom. The molecule has 2 N–H and O–H groups in total. The molecule has 1 heterocycles. The molecule has 0 atom stereocenters. The highest BCUT2D eigenvalue weighted by atomic mass is 16.5. The number of hydrogen-bond donors (Lipinski definition) is 2. The number of nitrogens with zero attached hydrogens (tertiary/aromatic N) is 1. The number of ether oxygens (including phenoxy) is 2. The van der Waals surface area contributed by atoms with Gasteiger partial charge in [0.1, 0.15) is 0 Å². The van der Waals surface area contributed by atoms with E-state index < -0.39 is 5.97 Å². The zero-order chi connectivity index (χ0) is 15.2. The van der Waals surface area contributed by atoms with Crippen LogP contribution in [0.1, 0.15) is 15.9 Å². The van der Waals surface area contributed by atoms with E-state index in [0.717, 1.165) is 5.56 Å². The van der Waals surface area contributed by atoms with E-state index in [1.54, 1.807) is 12.3 Å². The van der Waals surface area contributed by atoms with Gasteiger partial charge in [-0.1, -0.05) is 6.07 Å². The van der Waals surface area contributed by atoms with Crippen molar-refractivity contribution in [3.05, 3.63) is 47.7 Å². The predicted octanol–water partition coefficient (Wildman–Crippen LogP) is 2.30. The maximum atomic E-state index is 11.0. The van der Waals surface area contributed by atoms with Gasteiger partial charge in [0.05, 0.1) is 12.7 Å². The quantitative estimate of drug-likeness (QED) is 0.849. The SMILES string of the molecule is CNCc1cccnc1Oc1ccc(C(=O)O)cc1OC. The highest BCUT2D eigenvalue weighted by molar-refractivity contribution is 5.88. The monoisotopic (exact) mass is 288 g/mol. The number of carboxylic acid groups (broad SMARTS) is 1. The number of carboxylic acids is 1. The van der Waals surface area contributed by atoms with Crippen LogP contribution in [0.15, 0.2) is 36.5 Å². The fourth-order valence-corrected chi connectivity index (χ4v) is 1.83. The van der Waals surface area contributed by atoms with Crippen LogP contribution in [0.5, 0.6) is 17.4 Å². The number of aromatic nitrogens is 1. The number of aromatic carboxylic acids is 1. The first-order valence-electron chi connectivity index (χ1n) is 6.33. The van der Waals surface area contributed by atoms with E-state index in [0.29, 0.717) is 23.9 Å². The molecule has 6 heteroatoms. The number of pyridine rings is 1. The molecule has 0 amide bonds. The van der Waals surface area contributed by atoms with Gasteiger partial charge in [-0.25, -0.2) is 9.78 Å². The van der Waals surface area contributed by atoms with E-state index in [1.807, 2.05) is 19.2 Å². The largest absolute Gasteiger partial charge is 0.493 e. The average Bonchev–Trinajstić information content (AvgIpc) is 2.49. The first-order valence-corrected chi connectivity index (χ1v) is 6.33. The lowest BCUT2D eigenvalue weighted by Gasteiger charge is -2.12. The van der Waals surface area contributed by atoms with Crippen LogP contribution in [0.3, 0.4) is 0 Å². The molecule has 0 aliphatic rings. The van der Waals surface area contributed by atoms with Crippen molar-refractivity contribution in [3.63, 3.8) is 0 Å². The summed E-state index contributed by atoms with van der Waals surface area (Å²) in [5, 5.41) is 12.0. The van der Waals surface area contributed by atoms with Gasteiger partial charge in [-0.3, -0.25) is 0 Å². The van der Waals surface area contributed by atoms with Crippen molar-refractivity contribution in [2.45, 2.75) is 6.54 Å². The molecule has 1 aromatic carbocycles. The molecule has 0 unspecified atom stereocenters. The van der Waals surface area contributed by atoms with Crippen molar-refractivity contribution in [1.29, 1.82) is 0 Å². The van der Waals surface area contributed by atoms with E-state index in [2.05, 4.69) is 10.3 Å². The van der Waals surface area contributed by atoms with Crippen molar-refractivity contribution in [3.8, 4) is 17.4 Å². The van der Waals surface area contributed by atoms with Crippen molar-refractivity contribution >= 4 is 5.97 Å². The Morgan fingerprint density at radius 3 is 2.81 bits per heavy atom. The second-order valence-corrected chi connectivity index (χ2v) is 4.27. The van der Waals surface area contributed by atoms with Crippen LogP contribution in [0, 0.1) is 0 Å². The summed E-state index contributed by atoms with van der Waals surface area (Å²) >= 11 is 0. The highest BCUT2D eigenvalue weighted by Crippen LogP contribution is 2.32. The summed E-state index contributed by atoms with van der Waals surface area (Å²) in [4.78, 5) is 15.2. The minimum Gasteiger partial charge on any atom is -0.493 e. The van der Waals surface area contributed by atoms with E-state index in [1.165, 1.54) is 19.2 Å². The Labute approximate surface area is 122 Å². The fraction of sp³-hybridized carbons (Fsp3) is 0.200. The Hall–Kier alpha value is -2.60. The zero-order valence-corrected chi connectivity index (χ0v) is 11.8. The third-order valence-electron chi connectivity index (χ3n) is 2.83. The molecular weight excluding hydrogens is 272 g/mol. The maximum Gasteiger partial charge on any atom is 0.335 e. The number of rotatable bonds is 6. The van der Waals surface area contributed by atoms with Gasteiger partial charge in [0, 0.05) is 18.3 Å². The van der Waals surface area contributed by atoms with Crippen LogP contribution in [-0.2, 0) is 6.54 Å². The van der Waals surface area contributed by atoms with Crippen LogP contribution in [-0.4, -0.2) is 30.2 Å². The second kappa shape index (κ2) is 6.71. The minimum absolute atomic E-state index is 0.135. The predicted molar refractivity (Wildman–Crippen MR) is 77.0 cm³/mol. The van der Waals surface area contributed by atoms with Crippen LogP contribution in [0.2, 0.25) is 0 Å². The zero-order valence-electron chi connectivity index (χ0n) is 11.8. The molecule has 0 radical (unpaired) electrons. The molecule has 0 fully saturated rings. The van der Waals surface area contributed by atoms with E-state index >= 15 is 0 Å². The maximum absolute atomic E-state index is 11.0. The smallest absolute Gasteiger partial charge is 0.335 e. The molecule has 0 aliphatic heterocycles. The molecule has 0 bridgehead atoms. The summed E-state index contributed by atoms with van der Waals surface area (Å²) in [7, 11) is 3.29. The third-order valence-corrected chi connectivity index (χ3v) is 2.83. The average molecular weight is 288 g/mol. The van der Waals surface area contributed by atoms with E-state index in [9.17, 15) is 4.79 Å². The Kier molecular flexibility index (Phi) is 4.73. The highest BCUT2D eigenvalue weighted by Gasteiger charge is 2.13.